The lowest BCUT2D eigenvalue weighted by Gasteiger charge is -2.22. The molecule has 0 bridgehead atoms. The summed E-state index contributed by atoms with van der Waals surface area (Å²) < 4.78 is 16.9. The van der Waals surface area contributed by atoms with Gasteiger partial charge in [0.25, 0.3) is 5.91 Å². The Labute approximate surface area is 233 Å². The third kappa shape index (κ3) is 6.35. The van der Waals surface area contributed by atoms with Crippen molar-refractivity contribution >= 4 is 16.8 Å². The van der Waals surface area contributed by atoms with Crippen LogP contribution in [-0.2, 0) is 19.5 Å². The number of aromatic nitrogens is 2. The first-order valence-corrected chi connectivity index (χ1v) is 13.3. The summed E-state index contributed by atoms with van der Waals surface area (Å²) in [6.07, 6.45) is 4.31. The van der Waals surface area contributed by atoms with Crippen LogP contribution in [0.5, 0.6) is 11.5 Å². The number of benzene rings is 3. The Bertz CT molecular complexity index is 1560. The van der Waals surface area contributed by atoms with Gasteiger partial charge in [-0.2, -0.15) is 0 Å². The predicted molar refractivity (Wildman–Crippen MR) is 154 cm³/mol. The minimum Gasteiger partial charge on any atom is -0.497 e. The van der Waals surface area contributed by atoms with Gasteiger partial charge in [-0.05, 0) is 48.7 Å². The normalized spacial score (nSPS) is 12.0. The molecule has 0 fully saturated rings. The molecule has 40 heavy (non-hydrogen) atoms. The van der Waals surface area contributed by atoms with Crippen LogP contribution < -0.4 is 14.8 Å². The highest BCUT2D eigenvalue weighted by molar-refractivity contribution is 5.92. The summed E-state index contributed by atoms with van der Waals surface area (Å²) in [5, 5.41) is 4.21. The van der Waals surface area contributed by atoms with Crippen LogP contribution in [0.2, 0.25) is 0 Å². The van der Waals surface area contributed by atoms with E-state index in [-0.39, 0.29) is 17.6 Å². The predicted octanol–water partition coefficient (Wildman–Crippen LogP) is 5.91. The number of ether oxygens (including phenoxy) is 2. The molecule has 1 unspecified atom stereocenters. The Balaban J connectivity index is 1.33. The molecule has 0 aliphatic rings. The number of amides is 1. The van der Waals surface area contributed by atoms with E-state index in [2.05, 4.69) is 44.6 Å². The second-order valence-corrected chi connectivity index (χ2v) is 9.73. The number of hydrogen-bond acceptors (Lipinski definition) is 6. The molecule has 206 valence electrons. The van der Waals surface area contributed by atoms with Crippen molar-refractivity contribution in [3.8, 4) is 11.5 Å². The van der Waals surface area contributed by atoms with Crippen molar-refractivity contribution in [2.24, 2.45) is 0 Å². The van der Waals surface area contributed by atoms with Gasteiger partial charge in [0.15, 0.2) is 5.69 Å². The van der Waals surface area contributed by atoms with Crippen molar-refractivity contribution in [1.82, 2.24) is 20.2 Å². The maximum Gasteiger partial charge on any atom is 0.273 e. The van der Waals surface area contributed by atoms with Crippen molar-refractivity contribution < 1.29 is 18.7 Å². The van der Waals surface area contributed by atoms with E-state index in [4.69, 9.17) is 13.9 Å². The molecule has 2 heterocycles. The summed E-state index contributed by atoms with van der Waals surface area (Å²) in [7, 11) is 3.31. The maximum absolute atomic E-state index is 12.9. The van der Waals surface area contributed by atoms with E-state index < -0.39 is 0 Å². The van der Waals surface area contributed by atoms with E-state index in [9.17, 15) is 4.79 Å². The molecule has 0 saturated carbocycles. The fourth-order valence-corrected chi connectivity index (χ4v) is 4.85. The van der Waals surface area contributed by atoms with E-state index >= 15 is 0 Å². The molecular weight excluding hydrogens is 504 g/mol. The number of hydrogen-bond donors (Lipinski definition) is 2. The summed E-state index contributed by atoms with van der Waals surface area (Å²) >= 11 is 0. The molecule has 5 aromatic rings. The van der Waals surface area contributed by atoms with Crippen LogP contribution in [-0.4, -0.2) is 41.5 Å². The van der Waals surface area contributed by atoms with Crippen LogP contribution in [0.4, 0.5) is 0 Å². The minimum atomic E-state index is -0.272. The highest BCUT2D eigenvalue weighted by Crippen LogP contribution is 2.27. The topological polar surface area (TPSA) is 92.6 Å². The number of nitrogens with one attached hydrogen (secondary N) is 2. The van der Waals surface area contributed by atoms with Gasteiger partial charge in [-0.1, -0.05) is 48.5 Å². The Morgan fingerprint density at radius 2 is 1.80 bits per heavy atom. The number of aromatic amines is 1. The van der Waals surface area contributed by atoms with Crippen molar-refractivity contribution in [1.29, 1.82) is 0 Å². The number of fused-ring (bicyclic) bond motifs is 1. The van der Waals surface area contributed by atoms with Gasteiger partial charge >= 0.3 is 0 Å². The molecule has 0 aliphatic heterocycles. The van der Waals surface area contributed by atoms with Gasteiger partial charge in [-0.25, -0.2) is 4.98 Å². The summed E-state index contributed by atoms with van der Waals surface area (Å²) in [4.78, 5) is 23.0. The quantitative estimate of drug-likeness (QED) is 0.205. The number of rotatable bonds is 12. The maximum atomic E-state index is 12.9. The lowest BCUT2D eigenvalue weighted by atomic mass is 10.1. The van der Waals surface area contributed by atoms with Gasteiger partial charge < -0.3 is 24.2 Å². The number of para-hydroxylation sites is 1. The van der Waals surface area contributed by atoms with E-state index in [0.29, 0.717) is 19.0 Å². The second-order valence-electron chi connectivity index (χ2n) is 9.73. The lowest BCUT2D eigenvalue weighted by molar-refractivity contribution is 0.0934. The minimum absolute atomic E-state index is 0.151. The first-order chi connectivity index (χ1) is 19.5. The molecule has 8 heteroatoms. The number of carbonyl (C=O) groups excluding carboxylic acids is 1. The van der Waals surface area contributed by atoms with E-state index in [1.807, 2.05) is 61.5 Å². The fraction of sp³-hybridized carbons (Fsp3) is 0.250. The van der Waals surface area contributed by atoms with Gasteiger partial charge in [-0.3, -0.25) is 9.69 Å². The summed E-state index contributed by atoms with van der Waals surface area (Å²) in [6.45, 7) is 3.68. The van der Waals surface area contributed by atoms with E-state index in [0.717, 1.165) is 41.1 Å². The van der Waals surface area contributed by atoms with Crippen LogP contribution in [0.1, 0.15) is 46.0 Å². The Hall–Kier alpha value is -4.56. The van der Waals surface area contributed by atoms with Crippen LogP contribution in [0.25, 0.3) is 10.9 Å². The van der Waals surface area contributed by atoms with Crippen molar-refractivity contribution in [3.05, 3.63) is 114 Å². The third-order valence-electron chi connectivity index (χ3n) is 7.04. The van der Waals surface area contributed by atoms with Gasteiger partial charge in [-0.15, -0.1) is 0 Å². The van der Waals surface area contributed by atoms with Gasteiger partial charge in [0, 0.05) is 35.8 Å². The number of H-pyrrole nitrogens is 1. The molecular formula is C32H34N4O4. The number of carbonyl (C=O) groups is 1. The molecule has 2 N–H and O–H groups in total. The average molecular weight is 539 g/mol. The largest absolute Gasteiger partial charge is 0.497 e. The van der Waals surface area contributed by atoms with E-state index in [1.54, 1.807) is 14.2 Å². The zero-order chi connectivity index (χ0) is 27.9. The molecule has 3 aromatic carbocycles. The average Bonchev–Trinajstić information content (AvgIpc) is 3.63. The summed E-state index contributed by atoms with van der Waals surface area (Å²) in [6, 6.07) is 23.7. The zero-order valence-electron chi connectivity index (χ0n) is 23.0. The highest BCUT2D eigenvalue weighted by atomic mass is 16.5. The fourth-order valence-electron chi connectivity index (χ4n) is 4.85. The number of oxazole rings is 1. The van der Waals surface area contributed by atoms with Crippen LogP contribution in [0.15, 0.2) is 89.7 Å². The smallest absolute Gasteiger partial charge is 0.273 e. The van der Waals surface area contributed by atoms with Gasteiger partial charge in [0.1, 0.15) is 17.8 Å². The molecule has 5 rings (SSSR count). The Morgan fingerprint density at radius 3 is 2.60 bits per heavy atom. The zero-order valence-corrected chi connectivity index (χ0v) is 23.0. The number of nitrogens with zero attached hydrogens (tertiary/aromatic N) is 2. The van der Waals surface area contributed by atoms with Crippen molar-refractivity contribution in [2.45, 2.75) is 32.5 Å². The van der Waals surface area contributed by atoms with Crippen LogP contribution in [0, 0.1) is 0 Å². The lowest BCUT2D eigenvalue weighted by Crippen LogP contribution is -2.27. The Kier molecular flexibility index (Phi) is 8.47. The van der Waals surface area contributed by atoms with Gasteiger partial charge in [0.2, 0.25) is 5.89 Å². The van der Waals surface area contributed by atoms with Gasteiger partial charge in [0.05, 0.1) is 26.8 Å². The molecule has 2 aromatic heterocycles. The molecule has 8 nitrogen and oxygen atoms in total. The van der Waals surface area contributed by atoms with E-state index in [1.165, 1.54) is 17.2 Å². The van der Waals surface area contributed by atoms with Crippen molar-refractivity contribution in [3.63, 3.8) is 0 Å². The Morgan fingerprint density at radius 1 is 1.00 bits per heavy atom. The highest BCUT2D eigenvalue weighted by Gasteiger charge is 2.19. The molecule has 0 saturated heterocycles. The summed E-state index contributed by atoms with van der Waals surface area (Å²) in [5.41, 5.74) is 4.62. The second kappa shape index (κ2) is 12.5. The molecule has 0 spiro atoms. The third-order valence-corrected chi connectivity index (χ3v) is 7.04. The SMILES string of the molecule is COc1ccc(OC)c(CN(CCc2c[nH]c3ccccc23)Cc2nc(C(=O)NC(C)c3ccccc3)co2)c1. The summed E-state index contributed by atoms with van der Waals surface area (Å²) in [5.74, 6) is 1.74. The molecule has 1 atom stereocenters. The standard InChI is InChI=1S/C32H34N4O4/c1-22(23-9-5-4-6-10-23)34-32(37)29-21-40-31(35-29)20-36(19-25-17-26(38-2)13-14-30(25)39-3)16-15-24-18-33-28-12-8-7-11-27(24)28/h4-14,17-18,21-22,33H,15-16,19-20H2,1-3H3,(H,34,37). The monoisotopic (exact) mass is 538 g/mol. The molecule has 0 aliphatic carbocycles. The first-order valence-electron chi connectivity index (χ1n) is 13.3. The molecule has 1 amide bonds. The molecule has 0 radical (unpaired) electrons. The number of methoxy groups -OCH3 is 2. The van der Waals surface area contributed by atoms with Crippen LogP contribution >= 0.6 is 0 Å². The van der Waals surface area contributed by atoms with Crippen molar-refractivity contribution in [2.75, 3.05) is 20.8 Å². The van der Waals surface area contributed by atoms with Crippen LogP contribution in [0.3, 0.4) is 0 Å². The first kappa shape index (κ1) is 27.0.